The molecule has 3 rings (SSSR count). The van der Waals surface area contributed by atoms with Crippen molar-refractivity contribution < 1.29 is 9.59 Å². The molecule has 150 valence electrons. The molecule has 1 aliphatic heterocycles. The van der Waals surface area contributed by atoms with Gasteiger partial charge in [-0.05, 0) is 35.6 Å². The van der Waals surface area contributed by atoms with Gasteiger partial charge in [-0.25, -0.2) is 0 Å². The van der Waals surface area contributed by atoms with Crippen molar-refractivity contribution in [3.05, 3.63) is 64.7 Å². The van der Waals surface area contributed by atoms with Crippen LogP contribution in [0.5, 0.6) is 0 Å². The number of nitriles is 1. The number of halogens is 1. The van der Waals surface area contributed by atoms with E-state index in [0.717, 1.165) is 12.0 Å². The van der Waals surface area contributed by atoms with E-state index in [9.17, 15) is 14.9 Å². The zero-order valence-corrected chi connectivity index (χ0v) is 17.3. The van der Waals surface area contributed by atoms with Crippen molar-refractivity contribution in [2.24, 2.45) is 5.92 Å². The van der Waals surface area contributed by atoms with Gasteiger partial charge in [0, 0.05) is 23.7 Å². The van der Waals surface area contributed by atoms with E-state index >= 15 is 0 Å². The molecule has 1 aliphatic rings. The van der Waals surface area contributed by atoms with Crippen LogP contribution in [0.25, 0.3) is 0 Å². The monoisotopic (exact) mass is 409 g/mol. The molecule has 0 radical (unpaired) electrons. The van der Waals surface area contributed by atoms with E-state index in [4.69, 9.17) is 11.6 Å². The molecule has 1 heterocycles. The minimum atomic E-state index is -0.514. The maximum Gasteiger partial charge on any atom is 0.247 e. The fourth-order valence-electron chi connectivity index (χ4n) is 3.79. The van der Waals surface area contributed by atoms with E-state index in [0.29, 0.717) is 29.2 Å². The Kier molecular flexibility index (Phi) is 6.56. The number of rotatable bonds is 6. The summed E-state index contributed by atoms with van der Waals surface area (Å²) in [5.74, 6) is -0.696. The second-order valence-corrected chi connectivity index (χ2v) is 7.99. The Morgan fingerprint density at radius 3 is 2.48 bits per heavy atom. The lowest BCUT2D eigenvalue weighted by Crippen LogP contribution is -2.47. The topological polar surface area (TPSA) is 73.2 Å². The highest BCUT2D eigenvalue weighted by Gasteiger charge is 2.35. The molecular weight excluding hydrogens is 386 g/mol. The summed E-state index contributed by atoms with van der Waals surface area (Å²) in [7, 11) is 0. The third-order valence-corrected chi connectivity index (χ3v) is 5.51. The first kappa shape index (κ1) is 20.9. The van der Waals surface area contributed by atoms with Crippen LogP contribution in [-0.2, 0) is 9.59 Å². The molecule has 29 heavy (non-hydrogen) atoms. The number of hydrogen-bond donors (Lipinski definition) is 1. The van der Waals surface area contributed by atoms with E-state index in [-0.39, 0.29) is 17.7 Å². The van der Waals surface area contributed by atoms with Gasteiger partial charge in [-0.2, -0.15) is 5.26 Å². The fraction of sp³-hybridized carbons (Fsp3) is 0.348. The molecule has 2 atom stereocenters. The van der Waals surface area contributed by atoms with Gasteiger partial charge in [-0.3, -0.25) is 9.59 Å². The van der Waals surface area contributed by atoms with Crippen molar-refractivity contribution in [2.75, 3.05) is 11.9 Å². The first-order valence-electron chi connectivity index (χ1n) is 9.76. The van der Waals surface area contributed by atoms with Crippen molar-refractivity contribution in [2.45, 2.75) is 38.6 Å². The van der Waals surface area contributed by atoms with Gasteiger partial charge < -0.3 is 10.2 Å². The molecule has 0 aromatic heterocycles. The summed E-state index contributed by atoms with van der Waals surface area (Å²) >= 11 is 6.46. The molecule has 0 aliphatic carbocycles. The van der Waals surface area contributed by atoms with Gasteiger partial charge in [0.1, 0.15) is 6.04 Å². The summed E-state index contributed by atoms with van der Waals surface area (Å²) < 4.78 is 0. The molecule has 1 fully saturated rings. The Balaban J connectivity index is 1.80. The maximum absolute atomic E-state index is 12.9. The third kappa shape index (κ3) is 4.60. The van der Waals surface area contributed by atoms with Crippen LogP contribution in [0, 0.1) is 17.2 Å². The highest BCUT2D eigenvalue weighted by molar-refractivity contribution is 6.31. The van der Waals surface area contributed by atoms with Gasteiger partial charge in [0.15, 0.2) is 0 Å². The quantitative estimate of drug-likeness (QED) is 0.758. The molecule has 1 saturated heterocycles. The van der Waals surface area contributed by atoms with E-state index in [1.807, 2.05) is 44.2 Å². The van der Waals surface area contributed by atoms with Crippen LogP contribution in [0.4, 0.5) is 5.69 Å². The van der Waals surface area contributed by atoms with E-state index in [1.54, 1.807) is 23.1 Å². The lowest BCUT2D eigenvalue weighted by atomic mass is 9.92. The standard InChI is InChI=1S/C23H24ClN3O2/c1-15(2)22(27-12-6-9-21(27)28)23(29)26-17-10-11-18(20(24)13-17)19(14-25)16-7-4-3-5-8-16/h3-5,7-8,10-11,13,15,19,22H,6,9,12H2,1-2H3,(H,26,29). The molecular formula is C23H24ClN3O2. The number of carbonyl (C=O) groups is 2. The summed E-state index contributed by atoms with van der Waals surface area (Å²) in [6, 6.07) is 16.4. The fourth-order valence-corrected chi connectivity index (χ4v) is 4.08. The molecule has 1 N–H and O–H groups in total. The second-order valence-electron chi connectivity index (χ2n) is 7.58. The van der Waals surface area contributed by atoms with Crippen LogP contribution >= 0.6 is 11.6 Å². The Labute approximate surface area is 176 Å². The highest BCUT2D eigenvalue weighted by atomic mass is 35.5. The Morgan fingerprint density at radius 1 is 1.21 bits per heavy atom. The van der Waals surface area contributed by atoms with Crippen LogP contribution in [0.2, 0.25) is 5.02 Å². The van der Waals surface area contributed by atoms with E-state index in [1.165, 1.54) is 0 Å². The van der Waals surface area contributed by atoms with Crippen molar-refractivity contribution in [1.82, 2.24) is 4.90 Å². The normalized spacial score (nSPS) is 15.8. The average Bonchev–Trinajstić information content (AvgIpc) is 3.10. The number of nitrogens with zero attached hydrogens (tertiary/aromatic N) is 2. The minimum Gasteiger partial charge on any atom is -0.330 e. The van der Waals surface area contributed by atoms with E-state index in [2.05, 4.69) is 11.4 Å². The number of amides is 2. The lowest BCUT2D eigenvalue weighted by Gasteiger charge is -2.30. The minimum absolute atomic E-state index is 0.00662. The van der Waals surface area contributed by atoms with Gasteiger partial charge in [-0.15, -0.1) is 0 Å². The number of nitrogens with one attached hydrogen (secondary N) is 1. The van der Waals surface area contributed by atoms with Gasteiger partial charge in [0.25, 0.3) is 0 Å². The van der Waals surface area contributed by atoms with Crippen LogP contribution in [0.15, 0.2) is 48.5 Å². The maximum atomic E-state index is 12.9. The number of anilines is 1. The molecule has 2 aromatic carbocycles. The van der Waals surface area contributed by atoms with Gasteiger partial charge >= 0.3 is 0 Å². The number of carbonyl (C=O) groups excluding carboxylic acids is 2. The smallest absolute Gasteiger partial charge is 0.247 e. The number of benzene rings is 2. The summed E-state index contributed by atoms with van der Waals surface area (Å²) in [6.07, 6.45) is 1.27. The van der Waals surface area contributed by atoms with Crippen molar-refractivity contribution in [1.29, 1.82) is 5.26 Å². The molecule has 0 spiro atoms. The zero-order valence-electron chi connectivity index (χ0n) is 16.6. The Hall–Kier alpha value is -2.84. The average molecular weight is 410 g/mol. The highest BCUT2D eigenvalue weighted by Crippen LogP contribution is 2.32. The Bertz CT molecular complexity index is 937. The van der Waals surface area contributed by atoms with Crippen LogP contribution < -0.4 is 5.32 Å². The Morgan fingerprint density at radius 2 is 1.93 bits per heavy atom. The van der Waals surface area contributed by atoms with Crippen molar-refractivity contribution in [3.63, 3.8) is 0 Å². The summed E-state index contributed by atoms with van der Waals surface area (Å²) in [5, 5.41) is 12.9. The lowest BCUT2D eigenvalue weighted by molar-refractivity contribution is -0.136. The summed E-state index contributed by atoms with van der Waals surface area (Å²) in [4.78, 5) is 26.7. The van der Waals surface area contributed by atoms with Gasteiger partial charge in [0.05, 0.1) is 12.0 Å². The first-order valence-corrected chi connectivity index (χ1v) is 10.1. The van der Waals surface area contributed by atoms with Crippen LogP contribution in [0.3, 0.4) is 0 Å². The largest absolute Gasteiger partial charge is 0.330 e. The molecule has 0 bridgehead atoms. The number of hydrogen-bond acceptors (Lipinski definition) is 3. The van der Waals surface area contributed by atoms with Crippen LogP contribution in [-0.4, -0.2) is 29.3 Å². The first-order chi connectivity index (χ1) is 13.9. The molecule has 2 unspecified atom stereocenters. The second kappa shape index (κ2) is 9.11. The SMILES string of the molecule is CC(C)C(C(=O)Nc1ccc(C(C#N)c2ccccc2)c(Cl)c1)N1CCCC1=O. The molecule has 5 nitrogen and oxygen atoms in total. The predicted octanol–water partition coefficient (Wildman–Crippen LogP) is 4.58. The molecule has 6 heteroatoms. The summed E-state index contributed by atoms with van der Waals surface area (Å²) in [5.41, 5.74) is 2.10. The van der Waals surface area contributed by atoms with Crippen LogP contribution in [0.1, 0.15) is 43.7 Å². The third-order valence-electron chi connectivity index (χ3n) is 5.19. The summed E-state index contributed by atoms with van der Waals surface area (Å²) in [6.45, 7) is 4.47. The molecule has 2 aromatic rings. The predicted molar refractivity (Wildman–Crippen MR) is 114 cm³/mol. The van der Waals surface area contributed by atoms with Gasteiger partial charge in [0.2, 0.25) is 11.8 Å². The van der Waals surface area contributed by atoms with Crippen molar-refractivity contribution >= 4 is 29.1 Å². The van der Waals surface area contributed by atoms with Gasteiger partial charge in [-0.1, -0.05) is 61.8 Å². The number of likely N-dealkylation sites (tertiary alicyclic amines) is 1. The molecule has 2 amide bonds. The zero-order chi connectivity index (χ0) is 21.0. The van der Waals surface area contributed by atoms with E-state index < -0.39 is 12.0 Å². The van der Waals surface area contributed by atoms with Crippen molar-refractivity contribution in [3.8, 4) is 6.07 Å². The molecule has 0 saturated carbocycles.